The van der Waals surface area contributed by atoms with E-state index in [0.717, 1.165) is 6.42 Å². The molecule has 0 spiro atoms. The van der Waals surface area contributed by atoms with Crippen LogP contribution in [0.3, 0.4) is 0 Å². The smallest absolute Gasteiger partial charge is 0.336 e. The monoisotopic (exact) mass is 414 g/mol. The van der Waals surface area contributed by atoms with Gasteiger partial charge in [-0.3, -0.25) is 4.98 Å². The van der Waals surface area contributed by atoms with Crippen molar-refractivity contribution >= 4 is 5.97 Å². The first-order valence-electron chi connectivity index (χ1n) is 9.95. The average molecular weight is 414 g/mol. The molecule has 2 aromatic heterocycles. The lowest BCUT2D eigenvalue weighted by Gasteiger charge is -2.10. The van der Waals surface area contributed by atoms with E-state index in [4.69, 9.17) is 0 Å². The summed E-state index contributed by atoms with van der Waals surface area (Å²) in [7, 11) is 0. The number of benzene rings is 1. The van der Waals surface area contributed by atoms with Gasteiger partial charge in [0, 0.05) is 36.8 Å². The Hall–Kier alpha value is -3.16. The molecule has 2 heterocycles. The van der Waals surface area contributed by atoms with Crippen LogP contribution in [0.4, 0.5) is 8.78 Å². The second-order valence-corrected chi connectivity index (χ2v) is 7.09. The standard InChI is InChI=1S/C22H24F2N4O2/c1-3-11-22(23,24)21-26-19(28(27-21)12-4-2)13-16-10-9-15(14-25-16)17-7-5-6-8-18(17)20(29)30/h5-10,14H,3-4,11-13H2,1-2H3,(H,29,30). The summed E-state index contributed by atoms with van der Waals surface area (Å²) in [5.41, 5.74) is 2.07. The predicted molar refractivity (Wildman–Crippen MR) is 109 cm³/mol. The molecule has 0 saturated carbocycles. The second kappa shape index (κ2) is 9.11. The topological polar surface area (TPSA) is 80.9 Å². The molecule has 3 aromatic rings. The summed E-state index contributed by atoms with van der Waals surface area (Å²) in [4.78, 5) is 19.9. The molecule has 0 atom stereocenters. The molecule has 3 rings (SSSR count). The van der Waals surface area contributed by atoms with Crippen LogP contribution >= 0.6 is 0 Å². The maximum Gasteiger partial charge on any atom is 0.336 e. The molecule has 158 valence electrons. The Balaban J connectivity index is 1.87. The molecule has 0 bridgehead atoms. The van der Waals surface area contributed by atoms with Gasteiger partial charge in [-0.25, -0.2) is 14.5 Å². The first-order chi connectivity index (χ1) is 14.4. The van der Waals surface area contributed by atoms with Gasteiger partial charge in [0.05, 0.1) is 5.56 Å². The quantitative estimate of drug-likeness (QED) is 0.537. The van der Waals surface area contributed by atoms with Gasteiger partial charge in [-0.05, 0) is 30.5 Å². The number of pyridine rings is 1. The van der Waals surface area contributed by atoms with E-state index in [0.29, 0.717) is 35.6 Å². The van der Waals surface area contributed by atoms with E-state index in [1.807, 2.05) is 6.92 Å². The molecule has 0 saturated heterocycles. The third kappa shape index (κ3) is 4.69. The number of rotatable bonds is 9. The van der Waals surface area contributed by atoms with Crippen LogP contribution in [0.15, 0.2) is 42.6 Å². The number of nitrogens with zero attached hydrogens (tertiary/aromatic N) is 4. The summed E-state index contributed by atoms with van der Waals surface area (Å²) in [6.07, 6.45) is 2.64. The number of halogens is 2. The van der Waals surface area contributed by atoms with Crippen LogP contribution in [0.25, 0.3) is 11.1 Å². The minimum atomic E-state index is -3.06. The summed E-state index contributed by atoms with van der Waals surface area (Å²) in [5.74, 6) is -4.07. The van der Waals surface area contributed by atoms with Gasteiger partial charge in [-0.2, -0.15) is 8.78 Å². The Morgan fingerprint density at radius 1 is 1.13 bits per heavy atom. The number of carboxylic acids is 1. The first kappa shape index (κ1) is 21.5. The molecule has 0 unspecified atom stereocenters. The molecule has 0 aliphatic carbocycles. The Bertz CT molecular complexity index is 1020. The van der Waals surface area contributed by atoms with Gasteiger partial charge >= 0.3 is 11.9 Å². The zero-order chi connectivity index (χ0) is 21.7. The van der Waals surface area contributed by atoms with Crippen LogP contribution in [-0.4, -0.2) is 30.8 Å². The van der Waals surface area contributed by atoms with Crippen molar-refractivity contribution in [1.82, 2.24) is 19.7 Å². The van der Waals surface area contributed by atoms with E-state index in [-0.39, 0.29) is 18.4 Å². The number of aryl methyl sites for hydroxylation is 1. The average Bonchev–Trinajstić information content (AvgIpc) is 3.12. The fourth-order valence-corrected chi connectivity index (χ4v) is 3.25. The van der Waals surface area contributed by atoms with Crippen LogP contribution in [0.5, 0.6) is 0 Å². The van der Waals surface area contributed by atoms with Gasteiger partial charge < -0.3 is 5.11 Å². The van der Waals surface area contributed by atoms with Crippen molar-refractivity contribution in [3.8, 4) is 11.1 Å². The molecule has 0 aliphatic rings. The van der Waals surface area contributed by atoms with Crippen LogP contribution in [0.1, 0.15) is 60.8 Å². The van der Waals surface area contributed by atoms with E-state index in [1.54, 1.807) is 43.5 Å². The fourth-order valence-electron chi connectivity index (χ4n) is 3.25. The van der Waals surface area contributed by atoms with Gasteiger partial charge in [0.2, 0.25) is 5.82 Å². The molecule has 8 heteroatoms. The first-order valence-corrected chi connectivity index (χ1v) is 9.95. The van der Waals surface area contributed by atoms with Crippen LogP contribution in [-0.2, 0) is 18.9 Å². The summed E-state index contributed by atoms with van der Waals surface area (Å²) < 4.78 is 30.1. The summed E-state index contributed by atoms with van der Waals surface area (Å²) in [5, 5.41) is 13.4. The van der Waals surface area contributed by atoms with Gasteiger partial charge in [-0.15, -0.1) is 5.10 Å². The third-order valence-corrected chi connectivity index (χ3v) is 4.71. The molecule has 6 nitrogen and oxygen atoms in total. The number of hydrogen-bond acceptors (Lipinski definition) is 4. The maximum absolute atomic E-state index is 14.3. The summed E-state index contributed by atoms with van der Waals surface area (Å²) in [6.45, 7) is 4.14. The largest absolute Gasteiger partial charge is 0.478 e. The molecule has 0 aliphatic heterocycles. The number of hydrogen-bond donors (Lipinski definition) is 1. The van der Waals surface area contributed by atoms with Gasteiger partial charge in [-0.1, -0.05) is 38.1 Å². The van der Waals surface area contributed by atoms with Crippen molar-refractivity contribution in [2.45, 2.75) is 52.0 Å². The Kier molecular flexibility index (Phi) is 6.54. The summed E-state index contributed by atoms with van der Waals surface area (Å²) >= 11 is 0. The number of alkyl halides is 2. The normalized spacial score (nSPS) is 11.6. The summed E-state index contributed by atoms with van der Waals surface area (Å²) in [6, 6.07) is 10.2. The van der Waals surface area contributed by atoms with E-state index >= 15 is 0 Å². The molecule has 0 fully saturated rings. The molecule has 0 radical (unpaired) electrons. The van der Waals surface area contributed by atoms with E-state index < -0.39 is 17.7 Å². The van der Waals surface area contributed by atoms with Crippen molar-refractivity contribution in [2.75, 3.05) is 0 Å². The minimum absolute atomic E-state index is 0.192. The molecule has 0 amide bonds. The third-order valence-electron chi connectivity index (χ3n) is 4.71. The van der Waals surface area contributed by atoms with Gasteiger partial charge in [0.1, 0.15) is 5.82 Å². The molecular formula is C22H24F2N4O2. The number of aromatic carboxylic acids is 1. The Labute approximate surface area is 173 Å². The van der Waals surface area contributed by atoms with Gasteiger partial charge in [0.15, 0.2) is 0 Å². The maximum atomic E-state index is 14.3. The lowest BCUT2D eigenvalue weighted by molar-refractivity contribution is -0.0232. The molecule has 30 heavy (non-hydrogen) atoms. The highest BCUT2D eigenvalue weighted by Crippen LogP contribution is 2.31. The lowest BCUT2D eigenvalue weighted by atomic mass is 10.0. The molecular weight excluding hydrogens is 390 g/mol. The van der Waals surface area contributed by atoms with E-state index in [2.05, 4.69) is 15.1 Å². The van der Waals surface area contributed by atoms with Crippen LogP contribution in [0, 0.1) is 0 Å². The van der Waals surface area contributed by atoms with Crippen LogP contribution in [0.2, 0.25) is 0 Å². The van der Waals surface area contributed by atoms with Crippen LogP contribution < -0.4 is 0 Å². The zero-order valence-electron chi connectivity index (χ0n) is 17.0. The zero-order valence-corrected chi connectivity index (χ0v) is 17.0. The second-order valence-electron chi connectivity index (χ2n) is 7.09. The lowest BCUT2D eigenvalue weighted by Crippen LogP contribution is -2.15. The van der Waals surface area contributed by atoms with Crippen molar-refractivity contribution in [1.29, 1.82) is 0 Å². The predicted octanol–water partition coefficient (Wildman–Crippen LogP) is 4.93. The fraction of sp³-hybridized carbons (Fsp3) is 0.364. The SMILES string of the molecule is CCCn1nc(C(F)(F)CCC)nc1Cc1ccc(-c2ccccc2C(=O)O)cn1. The Morgan fingerprint density at radius 2 is 1.90 bits per heavy atom. The van der Waals surface area contributed by atoms with E-state index in [9.17, 15) is 18.7 Å². The highest BCUT2D eigenvalue weighted by Gasteiger charge is 2.36. The minimum Gasteiger partial charge on any atom is -0.478 e. The van der Waals surface area contributed by atoms with Crippen molar-refractivity contribution in [3.63, 3.8) is 0 Å². The highest BCUT2D eigenvalue weighted by atomic mass is 19.3. The molecule has 1 N–H and O–H groups in total. The van der Waals surface area contributed by atoms with E-state index in [1.165, 1.54) is 10.7 Å². The Morgan fingerprint density at radius 3 is 2.53 bits per heavy atom. The number of carbonyl (C=O) groups is 1. The van der Waals surface area contributed by atoms with Crippen molar-refractivity contribution in [3.05, 3.63) is 65.5 Å². The highest BCUT2D eigenvalue weighted by molar-refractivity contribution is 5.95. The molecule has 1 aromatic carbocycles. The van der Waals surface area contributed by atoms with Crippen molar-refractivity contribution < 1.29 is 18.7 Å². The number of carboxylic acid groups (broad SMARTS) is 1. The van der Waals surface area contributed by atoms with Gasteiger partial charge in [0.25, 0.3) is 0 Å². The number of aromatic nitrogens is 4. The van der Waals surface area contributed by atoms with Crippen molar-refractivity contribution in [2.24, 2.45) is 0 Å².